The summed E-state index contributed by atoms with van der Waals surface area (Å²) < 4.78 is 0. The fourth-order valence-corrected chi connectivity index (χ4v) is 2.24. The fourth-order valence-electron chi connectivity index (χ4n) is 2.06. The van der Waals surface area contributed by atoms with Gasteiger partial charge in [-0.25, -0.2) is 9.97 Å². The van der Waals surface area contributed by atoms with Gasteiger partial charge in [0.15, 0.2) is 0 Å². The van der Waals surface area contributed by atoms with Crippen molar-refractivity contribution in [3.05, 3.63) is 46.4 Å². The van der Waals surface area contributed by atoms with Gasteiger partial charge in [-0.05, 0) is 44.4 Å². The molecule has 1 aliphatic carbocycles. The van der Waals surface area contributed by atoms with Gasteiger partial charge in [0.2, 0.25) is 0 Å². The molecule has 0 radical (unpaired) electrons. The van der Waals surface area contributed by atoms with Gasteiger partial charge in [-0.3, -0.25) is 4.79 Å². The van der Waals surface area contributed by atoms with Crippen molar-refractivity contribution in [1.82, 2.24) is 9.97 Å². The molecule has 0 aliphatic heterocycles. The van der Waals surface area contributed by atoms with E-state index in [1.54, 1.807) is 19.1 Å². The second-order valence-corrected chi connectivity index (χ2v) is 5.93. The number of nitrogens with zero attached hydrogens (tertiary/aromatic N) is 2. The zero-order chi connectivity index (χ0) is 15.7. The highest BCUT2D eigenvalue weighted by molar-refractivity contribution is 6.31. The lowest BCUT2D eigenvalue weighted by atomic mass is 10.2. The van der Waals surface area contributed by atoms with Gasteiger partial charge in [0.05, 0.1) is 0 Å². The Hall–Kier alpha value is -2.14. The van der Waals surface area contributed by atoms with Gasteiger partial charge in [0, 0.05) is 22.8 Å². The Morgan fingerprint density at radius 1 is 1.23 bits per heavy atom. The summed E-state index contributed by atoms with van der Waals surface area (Å²) >= 11 is 6.07. The molecule has 1 aromatic heterocycles. The van der Waals surface area contributed by atoms with E-state index in [9.17, 15) is 4.79 Å². The highest BCUT2D eigenvalue weighted by Crippen LogP contribution is 2.24. The molecule has 1 heterocycles. The summed E-state index contributed by atoms with van der Waals surface area (Å²) in [5.41, 5.74) is 1.95. The first-order valence-corrected chi connectivity index (χ1v) is 7.59. The molecule has 1 aromatic carbocycles. The largest absolute Gasteiger partial charge is 0.367 e. The van der Waals surface area contributed by atoms with E-state index in [1.165, 1.54) is 0 Å². The Labute approximate surface area is 134 Å². The number of benzene rings is 1. The Morgan fingerprint density at radius 3 is 2.68 bits per heavy atom. The molecule has 6 heteroatoms. The number of nitrogens with one attached hydrogen (secondary N) is 2. The van der Waals surface area contributed by atoms with Crippen LogP contribution in [0.4, 0.5) is 11.5 Å². The Bertz CT molecular complexity index is 728. The molecule has 3 rings (SSSR count). The van der Waals surface area contributed by atoms with Crippen LogP contribution in [0, 0.1) is 13.8 Å². The average Bonchev–Trinajstić information content (AvgIpc) is 3.26. The molecule has 2 aromatic rings. The van der Waals surface area contributed by atoms with Crippen molar-refractivity contribution in [3.8, 4) is 0 Å². The van der Waals surface area contributed by atoms with E-state index in [-0.39, 0.29) is 5.91 Å². The minimum Gasteiger partial charge on any atom is -0.367 e. The highest BCUT2D eigenvalue weighted by Gasteiger charge is 2.22. The van der Waals surface area contributed by atoms with Gasteiger partial charge in [-0.2, -0.15) is 0 Å². The SMILES string of the molecule is Cc1nc(NC2CC2)cc(C(=O)Nc2ccc(C)c(Cl)c2)n1. The van der Waals surface area contributed by atoms with Crippen LogP contribution < -0.4 is 10.6 Å². The third kappa shape index (κ3) is 3.54. The summed E-state index contributed by atoms with van der Waals surface area (Å²) in [4.78, 5) is 20.9. The van der Waals surface area contributed by atoms with Crippen LogP contribution in [0.15, 0.2) is 24.3 Å². The van der Waals surface area contributed by atoms with Crippen LogP contribution >= 0.6 is 11.6 Å². The summed E-state index contributed by atoms with van der Waals surface area (Å²) in [6, 6.07) is 7.56. The molecule has 2 N–H and O–H groups in total. The highest BCUT2D eigenvalue weighted by atomic mass is 35.5. The van der Waals surface area contributed by atoms with Crippen molar-refractivity contribution < 1.29 is 4.79 Å². The van der Waals surface area contributed by atoms with Gasteiger partial charge >= 0.3 is 0 Å². The van der Waals surface area contributed by atoms with Crippen molar-refractivity contribution in [2.45, 2.75) is 32.7 Å². The van der Waals surface area contributed by atoms with Crippen molar-refractivity contribution in [1.29, 1.82) is 0 Å². The maximum Gasteiger partial charge on any atom is 0.274 e. The molecule has 5 nitrogen and oxygen atoms in total. The van der Waals surface area contributed by atoms with Crippen molar-refractivity contribution in [3.63, 3.8) is 0 Å². The Morgan fingerprint density at radius 2 is 2.00 bits per heavy atom. The van der Waals surface area contributed by atoms with Gasteiger partial charge in [-0.1, -0.05) is 17.7 Å². The van der Waals surface area contributed by atoms with Gasteiger partial charge < -0.3 is 10.6 Å². The van der Waals surface area contributed by atoms with E-state index in [4.69, 9.17) is 11.6 Å². The number of halogens is 1. The zero-order valence-electron chi connectivity index (χ0n) is 12.5. The molecule has 1 fully saturated rings. The van der Waals surface area contributed by atoms with Gasteiger partial charge in [0.25, 0.3) is 5.91 Å². The maximum atomic E-state index is 12.3. The van der Waals surface area contributed by atoms with Crippen LogP contribution in [0.1, 0.15) is 34.7 Å². The quantitative estimate of drug-likeness (QED) is 0.905. The normalized spacial score (nSPS) is 13.8. The van der Waals surface area contributed by atoms with E-state index in [0.29, 0.717) is 34.1 Å². The molecule has 0 spiro atoms. The second-order valence-electron chi connectivity index (χ2n) is 5.52. The number of amides is 1. The molecule has 114 valence electrons. The average molecular weight is 317 g/mol. The minimum atomic E-state index is -0.274. The Balaban J connectivity index is 1.78. The number of aryl methyl sites for hydroxylation is 2. The Kier molecular flexibility index (Phi) is 3.98. The third-order valence-corrected chi connectivity index (χ3v) is 3.84. The molecule has 1 aliphatic rings. The molecular formula is C16H17ClN4O. The topological polar surface area (TPSA) is 66.9 Å². The van der Waals surface area contributed by atoms with Crippen LogP contribution in [0.25, 0.3) is 0 Å². The number of rotatable bonds is 4. The van der Waals surface area contributed by atoms with Crippen LogP contribution in [-0.2, 0) is 0 Å². The number of aromatic nitrogens is 2. The number of hydrogen-bond donors (Lipinski definition) is 2. The number of carbonyl (C=O) groups is 1. The molecule has 0 unspecified atom stereocenters. The summed E-state index contributed by atoms with van der Waals surface area (Å²) in [6.07, 6.45) is 2.29. The molecular weight excluding hydrogens is 300 g/mol. The molecule has 1 amide bonds. The van der Waals surface area contributed by atoms with E-state index in [1.807, 2.05) is 19.1 Å². The first-order chi connectivity index (χ1) is 10.5. The zero-order valence-corrected chi connectivity index (χ0v) is 13.2. The predicted octanol–water partition coefficient (Wildman–Crippen LogP) is 3.57. The van der Waals surface area contributed by atoms with E-state index in [2.05, 4.69) is 20.6 Å². The second kappa shape index (κ2) is 5.93. The van der Waals surface area contributed by atoms with Crippen LogP contribution in [0.3, 0.4) is 0 Å². The smallest absolute Gasteiger partial charge is 0.274 e. The van der Waals surface area contributed by atoms with Gasteiger partial charge in [-0.15, -0.1) is 0 Å². The number of anilines is 2. The van der Waals surface area contributed by atoms with E-state index in [0.717, 1.165) is 18.4 Å². The first-order valence-electron chi connectivity index (χ1n) is 7.21. The lowest BCUT2D eigenvalue weighted by Crippen LogP contribution is -2.16. The summed E-state index contributed by atoms with van der Waals surface area (Å²) in [6.45, 7) is 3.69. The fraction of sp³-hybridized carbons (Fsp3) is 0.312. The van der Waals surface area contributed by atoms with Crippen molar-refractivity contribution in [2.75, 3.05) is 10.6 Å². The van der Waals surface area contributed by atoms with Gasteiger partial charge in [0.1, 0.15) is 17.3 Å². The molecule has 22 heavy (non-hydrogen) atoms. The molecule has 1 saturated carbocycles. The standard InChI is InChI=1S/C16H17ClN4O/c1-9-3-4-12(7-13(9)17)21-16(22)14-8-15(19-10(2)18-14)20-11-5-6-11/h3-4,7-8,11H,5-6H2,1-2H3,(H,21,22)(H,18,19,20). The summed E-state index contributed by atoms with van der Waals surface area (Å²) in [5.74, 6) is 0.990. The lowest BCUT2D eigenvalue weighted by Gasteiger charge is -2.09. The van der Waals surface area contributed by atoms with Crippen LogP contribution in [0.2, 0.25) is 5.02 Å². The summed E-state index contributed by atoms with van der Waals surface area (Å²) in [5, 5.41) is 6.71. The first kappa shape index (κ1) is 14.8. The molecule has 0 atom stereocenters. The lowest BCUT2D eigenvalue weighted by molar-refractivity contribution is 0.102. The van der Waals surface area contributed by atoms with Crippen LogP contribution in [-0.4, -0.2) is 21.9 Å². The summed E-state index contributed by atoms with van der Waals surface area (Å²) in [7, 11) is 0. The molecule has 0 bridgehead atoms. The third-order valence-electron chi connectivity index (χ3n) is 3.43. The number of hydrogen-bond acceptors (Lipinski definition) is 4. The van der Waals surface area contributed by atoms with Crippen LogP contribution in [0.5, 0.6) is 0 Å². The maximum absolute atomic E-state index is 12.3. The minimum absolute atomic E-state index is 0.274. The van der Waals surface area contributed by atoms with Crippen molar-refractivity contribution in [2.24, 2.45) is 0 Å². The number of carbonyl (C=O) groups excluding carboxylic acids is 1. The van der Waals surface area contributed by atoms with Crippen molar-refractivity contribution >= 4 is 29.0 Å². The molecule has 0 saturated heterocycles. The predicted molar refractivity (Wildman–Crippen MR) is 87.6 cm³/mol. The van der Waals surface area contributed by atoms with E-state index < -0.39 is 0 Å². The monoisotopic (exact) mass is 316 g/mol. The van der Waals surface area contributed by atoms with E-state index >= 15 is 0 Å².